The van der Waals surface area contributed by atoms with Crippen LogP contribution in [0.2, 0.25) is 0 Å². The lowest BCUT2D eigenvalue weighted by Crippen LogP contribution is -2.28. The fourth-order valence-electron chi connectivity index (χ4n) is 1.60. The Hall–Kier alpha value is -1.08. The van der Waals surface area contributed by atoms with Gasteiger partial charge in [-0.1, -0.05) is 0 Å². The van der Waals surface area contributed by atoms with Crippen LogP contribution in [0.25, 0.3) is 0 Å². The van der Waals surface area contributed by atoms with Crippen LogP contribution in [0.4, 0.5) is 5.69 Å². The summed E-state index contributed by atoms with van der Waals surface area (Å²) in [6.07, 6.45) is 3.99. The molecule has 2 N–H and O–H groups in total. The fourth-order valence-corrected chi connectivity index (χ4v) is 2.63. The van der Waals surface area contributed by atoms with E-state index in [1.165, 1.54) is 0 Å². The van der Waals surface area contributed by atoms with E-state index in [9.17, 15) is 8.42 Å². The molecule has 6 nitrogen and oxygen atoms in total. The summed E-state index contributed by atoms with van der Waals surface area (Å²) in [5.41, 5.74) is 1.24. The van der Waals surface area contributed by atoms with Crippen molar-refractivity contribution < 1.29 is 8.42 Å². The van der Waals surface area contributed by atoms with E-state index in [2.05, 4.69) is 15.1 Å². The van der Waals surface area contributed by atoms with Crippen molar-refractivity contribution in [3.05, 3.63) is 11.9 Å². The summed E-state index contributed by atoms with van der Waals surface area (Å²) >= 11 is 0. The van der Waals surface area contributed by atoms with Crippen molar-refractivity contribution in [3.8, 4) is 0 Å². The molecule has 0 unspecified atom stereocenters. The zero-order valence-corrected chi connectivity index (χ0v) is 10.9. The second-order valence-electron chi connectivity index (χ2n) is 4.45. The Morgan fingerprint density at radius 2 is 2.24 bits per heavy atom. The van der Waals surface area contributed by atoms with Crippen LogP contribution in [0.3, 0.4) is 0 Å². The number of sulfonamides is 1. The molecule has 2 rings (SSSR count). The maximum absolute atomic E-state index is 11.8. The molecule has 0 atom stereocenters. The van der Waals surface area contributed by atoms with Gasteiger partial charge in [0.25, 0.3) is 0 Å². The highest BCUT2D eigenvalue weighted by Crippen LogP contribution is 2.18. The Kier molecular flexibility index (Phi) is 3.39. The molecule has 1 aromatic heterocycles. The predicted molar refractivity (Wildman–Crippen MR) is 66.4 cm³/mol. The molecule has 96 valence electrons. The van der Waals surface area contributed by atoms with Crippen LogP contribution in [0.15, 0.2) is 6.20 Å². The highest BCUT2D eigenvalue weighted by molar-refractivity contribution is 7.92. The highest BCUT2D eigenvalue weighted by Gasteiger charge is 2.21. The molecule has 0 radical (unpaired) electrons. The van der Waals surface area contributed by atoms with Gasteiger partial charge in [-0.2, -0.15) is 5.10 Å². The first-order valence-corrected chi connectivity index (χ1v) is 7.35. The Balaban J connectivity index is 1.89. The Morgan fingerprint density at radius 3 is 2.76 bits per heavy atom. The van der Waals surface area contributed by atoms with Gasteiger partial charge in [0.15, 0.2) is 0 Å². The quantitative estimate of drug-likeness (QED) is 0.765. The van der Waals surface area contributed by atoms with Gasteiger partial charge in [0.05, 0.1) is 17.1 Å². The molecular weight excluding hydrogens is 240 g/mol. The molecule has 0 amide bonds. The molecule has 0 spiro atoms. The molecule has 1 aliphatic rings. The van der Waals surface area contributed by atoms with Crippen LogP contribution >= 0.6 is 0 Å². The van der Waals surface area contributed by atoms with Crippen molar-refractivity contribution in [2.75, 3.05) is 17.0 Å². The molecule has 1 aromatic rings. The smallest absolute Gasteiger partial charge is 0.234 e. The van der Waals surface area contributed by atoms with Crippen molar-refractivity contribution in [2.45, 2.75) is 25.8 Å². The third kappa shape index (κ3) is 3.71. The molecule has 1 saturated carbocycles. The molecule has 1 aliphatic carbocycles. The van der Waals surface area contributed by atoms with Gasteiger partial charge >= 0.3 is 0 Å². The maximum Gasteiger partial charge on any atom is 0.234 e. The SMILES string of the molecule is Cc1nn(C)cc1NS(=O)(=O)CCNC1CC1. The van der Waals surface area contributed by atoms with E-state index >= 15 is 0 Å². The molecule has 0 bridgehead atoms. The van der Waals surface area contributed by atoms with Gasteiger partial charge in [0, 0.05) is 25.8 Å². The lowest BCUT2D eigenvalue weighted by atomic mass is 10.4. The van der Waals surface area contributed by atoms with Crippen LogP contribution in [0.5, 0.6) is 0 Å². The fraction of sp³-hybridized carbons (Fsp3) is 0.700. The third-order valence-corrected chi connectivity index (χ3v) is 3.93. The Morgan fingerprint density at radius 1 is 1.53 bits per heavy atom. The van der Waals surface area contributed by atoms with E-state index < -0.39 is 10.0 Å². The van der Waals surface area contributed by atoms with Gasteiger partial charge < -0.3 is 5.32 Å². The molecule has 7 heteroatoms. The zero-order chi connectivity index (χ0) is 12.5. The largest absolute Gasteiger partial charge is 0.313 e. The Bertz CT molecular complexity index is 490. The van der Waals surface area contributed by atoms with Gasteiger partial charge in [0.2, 0.25) is 10.0 Å². The first kappa shape index (κ1) is 12.4. The van der Waals surface area contributed by atoms with Crippen molar-refractivity contribution in [3.63, 3.8) is 0 Å². The molecule has 0 aromatic carbocycles. The molecule has 1 heterocycles. The summed E-state index contributed by atoms with van der Waals surface area (Å²) in [4.78, 5) is 0. The first-order chi connectivity index (χ1) is 7.96. The highest BCUT2D eigenvalue weighted by atomic mass is 32.2. The van der Waals surface area contributed by atoms with Crippen LogP contribution < -0.4 is 10.0 Å². The second kappa shape index (κ2) is 4.66. The van der Waals surface area contributed by atoms with Crippen molar-refractivity contribution in [2.24, 2.45) is 7.05 Å². The number of nitrogens with zero attached hydrogens (tertiary/aromatic N) is 2. The Labute approximate surface area is 101 Å². The van der Waals surface area contributed by atoms with E-state index in [4.69, 9.17) is 0 Å². The lowest BCUT2D eigenvalue weighted by Gasteiger charge is -2.07. The average Bonchev–Trinajstić information content (AvgIpc) is 2.94. The zero-order valence-electron chi connectivity index (χ0n) is 10.1. The third-order valence-electron chi connectivity index (χ3n) is 2.66. The number of nitrogens with one attached hydrogen (secondary N) is 2. The maximum atomic E-state index is 11.8. The van der Waals surface area contributed by atoms with E-state index in [0.29, 0.717) is 24.0 Å². The summed E-state index contributed by atoms with van der Waals surface area (Å²) in [5, 5.41) is 7.27. The number of anilines is 1. The van der Waals surface area contributed by atoms with Gasteiger partial charge in [-0.25, -0.2) is 8.42 Å². The van der Waals surface area contributed by atoms with E-state index in [1.54, 1.807) is 24.9 Å². The van der Waals surface area contributed by atoms with Crippen LogP contribution in [-0.2, 0) is 17.1 Å². The molecule has 17 heavy (non-hydrogen) atoms. The molecule has 0 saturated heterocycles. The normalized spacial score (nSPS) is 16.1. The van der Waals surface area contributed by atoms with E-state index in [1.807, 2.05) is 0 Å². The monoisotopic (exact) mass is 258 g/mol. The van der Waals surface area contributed by atoms with E-state index in [0.717, 1.165) is 12.8 Å². The number of aryl methyl sites for hydroxylation is 2. The molecule has 1 fully saturated rings. The van der Waals surface area contributed by atoms with Gasteiger partial charge in [-0.15, -0.1) is 0 Å². The first-order valence-electron chi connectivity index (χ1n) is 5.70. The van der Waals surface area contributed by atoms with Gasteiger partial charge in [-0.05, 0) is 19.8 Å². The van der Waals surface area contributed by atoms with Crippen LogP contribution in [0.1, 0.15) is 18.5 Å². The minimum Gasteiger partial charge on any atom is -0.313 e. The van der Waals surface area contributed by atoms with Crippen molar-refractivity contribution in [1.82, 2.24) is 15.1 Å². The summed E-state index contributed by atoms with van der Waals surface area (Å²) < 4.78 is 27.7. The van der Waals surface area contributed by atoms with Crippen LogP contribution in [-0.4, -0.2) is 36.5 Å². The number of rotatable bonds is 6. The van der Waals surface area contributed by atoms with Crippen LogP contribution in [0, 0.1) is 6.92 Å². The number of aromatic nitrogens is 2. The lowest BCUT2D eigenvalue weighted by molar-refractivity contribution is 0.595. The van der Waals surface area contributed by atoms with Crippen molar-refractivity contribution >= 4 is 15.7 Å². The summed E-state index contributed by atoms with van der Waals surface area (Å²) in [5.74, 6) is 0.0951. The van der Waals surface area contributed by atoms with Gasteiger partial charge in [0.1, 0.15) is 0 Å². The molecular formula is C10H18N4O2S. The summed E-state index contributed by atoms with van der Waals surface area (Å²) in [6, 6.07) is 0.533. The number of hydrogen-bond donors (Lipinski definition) is 2. The average molecular weight is 258 g/mol. The number of hydrogen-bond acceptors (Lipinski definition) is 4. The summed E-state index contributed by atoms with van der Waals surface area (Å²) in [6.45, 7) is 2.28. The molecule has 0 aliphatic heterocycles. The van der Waals surface area contributed by atoms with Gasteiger partial charge in [-0.3, -0.25) is 9.40 Å². The van der Waals surface area contributed by atoms with E-state index in [-0.39, 0.29) is 5.75 Å². The van der Waals surface area contributed by atoms with Crippen molar-refractivity contribution in [1.29, 1.82) is 0 Å². The second-order valence-corrected chi connectivity index (χ2v) is 6.29. The predicted octanol–water partition coefficient (Wildman–Crippen LogP) is 0.222. The topological polar surface area (TPSA) is 76.0 Å². The standard InChI is InChI=1S/C10H18N4O2S/c1-8-10(7-14(2)12-8)13-17(15,16)6-5-11-9-3-4-9/h7,9,11,13H,3-6H2,1-2H3. The minimum absolute atomic E-state index is 0.0951. The summed E-state index contributed by atoms with van der Waals surface area (Å²) in [7, 11) is -1.51. The minimum atomic E-state index is -3.28.